The molecule has 1 aliphatic heterocycles. The molecule has 0 amide bonds. The van der Waals surface area contributed by atoms with Gasteiger partial charge in [-0.05, 0) is 50.0 Å². The van der Waals surface area contributed by atoms with Gasteiger partial charge in [0.1, 0.15) is 0 Å². The van der Waals surface area contributed by atoms with Crippen molar-refractivity contribution in [3.8, 4) is 0 Å². The second kappa shape index (κ2) is 4.66. The molecule has 0 radical (unpaired) electrons. The van der Waals surface area contributed by atoms with E-state index in [1.165, 1.54) is 32.4 Å². The highest BCUT2D eigenvalue weighted by Gasteiger charge is 2.35. The van der Waals surface area contributed by atoms with Crippen molar-refractivity contribution in [1.29, 1.82) is 0 Å². The third-order valence-electron chi connectivity index (χ3n) is 4.63. The topological polar surface area (TPSA) is 23.5 Å². The number of rotatable bonds is 1. The molecular formula is C14H27NO. The fourth-order valence-electron chi connectivity index (χ4n) is 3.25. The van der Waals surface area contributed by atoms with Crippen LogP contribution >= 0.6 is 0 Å². The third kappa shape index (κ3) is 2.78. The Balaban J connectivity index is 1.84. The van der Waals surface area contributed by atoms with Crippen LogP contribution in [0.5, 0.6) is 0 Å². The summed E-state index contributed by atoms with van der Waals surface area (Å²) in [5.74, 6) is 0.861. The summed E-state index contributed by atoms with van der Waals surface area (Å²) >= 11 is 0. The van der Waals surface area contributed by atoms with Crippen LogP contribution in [0.15, 0.2) is 0 Å². The fraction of sp³-hybridized carbons (Fsp3) is 1.00. The molecule has 0 aromatic carbocycles. The van der Waals surface area contributed by atoms with Gasteiger partial charge in [-0.1, -0.05) is 20.8 Å². The lowest BCUT2D eigenvalue weighted by molar-refractivity contribution is 0.0791. The lowest BCUT2D eigenvalue weighted by Gasteiger charge is -2.34. The highest BCUT2D eigenvalue weighted by molar-refractivity contribution is 4.89. The molecule has 16 heavy (non-hydrogen) atoms. The zero-order chi connectivity index (χ0) is 11.8. The van der Waals surface area contributed by atoms with Gasteiger partial charge in [0.05, 0.1) is 6.10 Å². The summed E-state index contributed by atoms with van der Waals surface area (Å²) < 4.78 is 0. The van der Waals surface area contributed by atoms with Gasteiger partial charge in [0.2, 0.25) is 0 Å². The predicted molar refractivity (Wildman–Crippen MR) is 67.4 cm³/mol. The van der Waals surface area contributed by atoms with Gasteiger partial charge >= 0.3 is 0 Å². The highest BCUT2D eigenvalue weighted by Crippen LogP contribution is 2.36. The molecule has 1 saturated heterocycles. The molecule has 2 rings (SSSR count). The molecule has 1 unspecified atom stereocenters. The number of hydrogen-bond donors (Lipinski definition) is 1. The summed E-state index contributed by atoms with van der Waals surface area (Å²) in [5, 5.41) is 9.53. The van der Waals surface area contributed by atoms with E-state index >= 15 is 0 Å². The highest BCUT2D eigenvalue weighted by atomic mass is 16.3. The van der Waals surface area contributed by atoms with Crippen LogP contribution in [0.3, 0.4) is 0 Å². The molecule has 0 aromatic rings. The second-order valence-electron chi connectivity index (χ2n) is 6.81. The van der Waals surface area contributed by atoms with E-state index in [0.717, 1.165) is 24.8 Å². The Morgan fingerprint density at radius 1 is 1.00 bits per heavy atom. The Hall–Kier alpha value is -0.0800. The van der Waals surface area contributed by atoms with Crippen LogP contribution in [-0.2, 0) is 0 Å². The molecule has 94 valence electrons. The standard InChI is InChI=1S/C14H27NO/c1-14(2,3)11-8-9-15(10-11)12-4-6-13(16)7-5-12/h11-13,16H,4-10H2,1-3H3. The maximum absolute atomic E-state index is 9.53. The van der Waals surface area contributed by atoms with Crippen LogP contribution in [0.4, 0.5) is 0 Å². The Morgan fingerprint density at radius 3 is 2.12 bits per heavy atom. The first-order valence-electron chi connectivity index (χ1n) is 6.89. The molecule has 2 heteroatoms. The smallest absolute Gasteiger partial charge is 0.0541 e. The largest absolute Gasteiger partial charge is 0.393 e. The van der Waals surface area contributed by atoms with Gasteiger partial charge in [-0.25, -0.2) is 0 Å². The van der Waals surface area contributed by atoms with E-state index in [0.29, 0.717) is 5.41 Å². The summed E-state index contributed by atoms with van der Waals surface area (Å²) in [6, 6.07) is 0.760. The maximum atomic E-state index is 9.53. The SMILES string of the molecule is CC(C)(C)C1CCN(C2CCC(O)CC2)C1. The van der Waals surface area contributed by atoms with E-state index in [-0.39, 0.29) is 6.10 Å². The van der Waals surface area contributed by atoms with Crippen LogP contribution in [-0.4, -0.2) is 35.2 Å². The van der Waals surface area contributed by atoms with E-state index < -0.39 is 0 Å². The molecule has 1 aliphatic carbocycles. The number of hydrogen-bond acceptors (Lipinski definition) is 2. The van der Waals surface area contributed by atoms with Gasteiger partial charge in [-0.2, -0.15) is 0 Å². The van der Waals surface area contributed by atoms with Crippen LogP contribution in [0, 0.1) is 11.3 Å². The van der Waals surface area contributed by atoms with E-state index in [4.69, 9.17) is 0 Å². The molecule has 1 atom stereocenters. The van der Waals surface area contributed by atoms with Crippen molar-refractivity contribution in [2.45, 2.75) is 65.0 Å². The average molecular weight is 225 g/mol. The van der Waals surface area contributed by atoms with E-state index in [1.54, 1.807) is 0 Å². The summed E-state index contributed by atoms with van der Waals surface area (Å²) in [4.78, 5) is 2.68. The lowest BCUT2D eigenvalue weighted by atomic mass is 9.80. The zero-order valence-electron chi connectivity index (χ0n) is 11.1. The monoisotopic (exact) mass is 225 g/mol. The van der Waals surface area contributed by atoms with Gasteiger partial charge in [0.15, 0.2) is 0 Å². The second-order valence-corrected chi connectivity index (χ2v) is 6.81. The van der Waals surface area contributed by atoms with Crippen molar-refractivity contribution in [3.05, 3.63) is 0 Å². The van der Waals surface area contributed by atoms with Crippen LogP contribution < -0.4 is 0 Å². The summed E-state index contributed by atoms with van der Waals surface area (Å²) in [6.45, 7) is 9.66. The van der Waals surface area contributed by atoms with Crippen molar-refractivity contribution in [1.82, 2.24) is 4.90 Å². The van der Waals surface area contributed by atoms with Crippen LogP contribution in [0.1, 0.15) is 52.9 Å². The van der Waals surface area contributed by atoms with Crippen molar-refractivity contribution >= 4 is 0 Å². The molecule has 0 bridgehead atoms. The van der Waals surface area contributed by atoms with Gasteiger partial charge in [-0.3, -0.25) is 0 Å². The Bertz CT molecular complexity index is 225. The van der Waals surface area contributed by atoms with Gasteiger partial charge < -0.3 is 10.0 Å². The molecule has 2 nitrogen and oxygen atoms in total. The van der Waals surface area contributed by atoms with Crippen molar-refractivity contribution in [3.63, 3.8) is 0 Å². The number of aliphatic hydroxyl groups is 1. The van der Waals surface area contributed by atoms with E-state index in [1.807, 2.05) is 0 Å². The first-order chi connectivity index (χ1) is 7.47. The molecule has 0 aromatic heterocycles. The van der Waals surface area contributed by atoms with E-state index in [9.17, 15) is 5.11 Å². The summed E-state index contributed by atoms with van der Waals surface area (Å²) in [5.41, 5.74) is 0.461. The van der Waals surface area contributed by atoms with Crippen molar-refractivity contribution in [2.75, 3.05) is 13.1 Å². The fourth-order valence-corrected chi connectivity index (χ4v) is 3.25. The first-order valence-corrected chi connectivity index (χ1v) is 6.89. The van der Waals surface area contributed by atoms with Gasteiger partial charge in [0.25, 0.3) is 0 Å². The predicted octanol–water partition coefficient (Wildman–Crippen LogP) is 2.66. The molecular weight excluding hydrogens is 198 g/mol. The Labute approximate surface area is 100 Å². The van der Waals surface area contributed by atoms with Crippen LogP contribution in [0.2, 0.25) is 0 Å². The van der Waals surface area contributed by atoms with Gasteiger partial charge in [-0.15, -0.1) is 0 Å². The Kier molecular flexibility index (Phi) is 3.60. The minimum absolute atomic E-state index is 0.0164. The van der Waals surface area contributed by atoms with Crippen molar-refractivity contribution in [2.24, 2.45) is 11.3 Å². The molecule has 2 aliphatic rings. The molecule has 1 saturated carbocycles. The van der Waals surface area contributed by atoms with Crippen molar-refractivity contribution < 1.29 is 5.11 Å². The Morgan fingerprint density at radius 2 is 1.62 bits per heavy atom. The third-order valence-corrected chi connectivity index (χ3v) is 4.63. The molecule has 0 spiro atoms. The van der Waals surface area contributed by atoms with Crippen LogP contribution in [0.25, 0.3) is 0 Å². The van der Waals surface area contributed by atoms with E-state index in [2.05, 4.69) is 25.7 Å². The number of nitrogens with zero attached hydrogens (tertiary/aromatic N) is 1. The first kappa shape index (κ1) is 12.4. The normalized spacial score (nSPS) is 37.9. The average Bonchev–Trinajstić information content (AvgIpc) is 2.67. The number of likely N-dealkylation sites (tertiary alicyclic amines) is 1. The minimum Gasteiger partial charge on any atom is -0.393 e. The summed E-state index contributed by atoms with van der Waals surface area (Å²) in [7, 11) is 0. The van der Waals surface area contributed by atoms with Gasteiger partial charge in [0, 0.05) is 12.6 Å². The molecule has 2 fully saturated rings. The quantitative estimate of drug-likeness (QED) is 0.741. The number of aliphatic hydroxyl groups excluding tert-OH is 1. The molecule has 1 heterocycles. The summed E-state index contributed by atoms with van der Waals surface area (Å²) in [6.07, 6.45) is 5.79. The maximum Gasteiger partial charge on any atom is 0.0541 e. The molecule has 1 N–H and O–H groups in total. The zero-order valence-corrected chi connectivity index (χ0v) is 11.1. The minimum atomic E-state index is -0.0164. The lowest BCUT2D eigenvalue weighted by Crippen LogP contribution is -2.38.